The molecule has 0 bridgehead atoms. The molecule has 9 atom stereocenters. The Hall–Kier alpha value is -1.76. The van der Waals surface area contributed by atoms with Gasteiger partial charge >= 0.3 is 6.03 Å². The van der Waals surface area contributed by atoms with Crippen LogP contribution in [0.15, 0.2) is 40.2 Å². The summed E-state index contributed by atoms with van der Waals surface area (Å²) in [4.78, 5) is 12.4. The number of amides is 2. The van der Waals surface area contributed by atoms with E-state index in [-0.39, 0.29) is 46.9 Å². The lowest BCUT2D eigenvalue weighted by Gasteiger charge is -2.33. The van der Waals surface area contributed by atoms with E-state index < -0.39 is 12.5 Å². The summed E-state index contributed by atoms with van der Waals surface area (Å²) in [5.74, 6) is 1.46. The van der Waals surface area contributed by atoms with Gasteiger partial charge in [-0.3, -0.25) is 0 Å². The van der Waals surface area contributed by atoms with Gasteiger partial charge in [0, 0.05) is 48.8 Å². The van der Waals surface area contributed by atoms with Crippen LogP contribution in [0.25, 0.3) is 0 Å². The number of carbonyl (C=O) groups is 1. The second kappa shape index (κ2) is 16.2. The van der Waals surface area contributed by atoms with Crippen LogP contribution in [0.5, 0.6) is 0 Å². The molecule has 4 aliphatic rings. The molecule has 2 heterocycles. The molecule has 0 aromatic heterocycles. The predicted molar refractivity (Wildman–Crippen MR) is 163 cm³/mol. The van der Waals surface area contributed by atoms with Crippen LogP contribution in [0.3, 0.4) is 0 Å². The fourth-order valence-corrected chi connectivity index (χ4v) is 7.38. The standard InChI is InChI=1S/C30H51N5O5S/c1-20-6-4-7-23(16-20)34-30(38)33-22-9-11-24(12-10-22)40-25-13-14-31-27(18-25)26-17-21(19-32-26)29(37)35-41(3)15-5-8-28(36)39-2/h9,13-14,16,20-21,24-29,31-32,36-37H,4-8,10-12,15,17-19H2,1-3H3,(H2,33,34,38)/t20-,21-,24-,25-,26-,27+,28?,29-,41?/m1/s1. The van der Waals surface area contributed by atoms with Crippen LogP contribution in [0.4, 0.5) is 4.79 Å². The number of methoxy groups -OCH3 is 1. The number of aliphatic hydroxyl groups excluding tert-OH is 2. The van der Waals surface area contributed by atoms with Crippen LogP contribution in [0.1, 0.15) is 71.1 Å². The van der Waals surface area contributed by atoms with Crippen LogP contribution in [0.2, 0.25) is 0 Å². The Morgan fingerprint density at radius 1 is 1.20 bits per heavy atom. The molecule has 2 aliphatic heterocycles. The van der Waals surface area contributed by atoms with Gasteiger partial charge in [0.2, 0.25) is 0 Å². The maximum Gasteiger partial charge on any atom is 0.323 e. The fourth-order valence-electron chi connectivity index (χ4n) is 6.15. The van der Waals surface area contributed by atoms with E-state index in [1.165, 1.54) is 13.5 Å². The highest BCUT2D eigenvalue weighted by atomic mass is 32.2. The Kier molecular flexibility index (Phi) is 12.7. The summed E-state index contributed by atoms with van der Waals surface area (Å²) in [6, 6.07) is 0.339. The molecule has 1 fully saturated rings. The average molecular weight is 594 g/mol. The molecule has 2 unspecified atom stereocenters. The van der Waals surface area contributed by atoms with E-state index >= 15 is 0 Å². The number of urea groups is 1. The Morgan fingerprint density at radius 3 is 2.78 bits per heavy atom. The summed E-state index contributed by atoms with van der Waals surface area (Å²) in [6.45, 7) is 2.93. The number of allylic oxidation sites excluding steroid dienone is 3. The zero-order chi connectivity index (χ0) is 29.2. The maximum absolute atomic E-state index is 12.4. The molecule has 1 saturated heterocycles. The van der Waals surface area contributed by atoms with E-state index in [9.17, 15) is 15.0 Å². The molecule has 0 aromatic carbocycles. The minimum Gasteiger partial charge on any atom is -0.387 e. The van der Waals surface area contributed by atoms with Crippen molar-refractivity contribution in [2.75, 3.05) is 25.7 Å². The highest BCUT2D eigenvalue weighted by molar-refractivity contribution is 7.86. The van der Waals surface area contributed by atoms with Crippen molar-refractivity contribution in [3.05, 3.63) is 35.8 Å². The van der Waals surface area contributed by atoms with Crippen LogP contribution < -0.4 is 21.3 Å². The molecular formula is C30H51N5O5S. The van der Waals surface area contributed by atoms with Gasteiger partial charge in [-0.2, -0.15) is 0 Å². The van der Waals surface area contributed by atoms with Crippen molar-refractivity contribution in [2.24, 2.45) is 16.2 Å². The molecule has 0 aromatic rings. The molecule has 11 heteroatoms. The quantitative estimate of drug-likeness (QED) is 0.191. The van der Waals surface area contributed by atoms with E-state index in [0.29, 0.717) is 12.3 Å². The van der Waals surface area contributed by atoms with Crippen LogP contribution in [0, 0.1) is 11.8 Å². The van der Waals surface area contributed by atoms with Crippen molar-refractivity contribution in [1.29, 1.82) is 0 Å². The second-order valence-corrected chi connectivity index (χ2v) is 13.8. The molecular weight excluding hydrogens is 542 g/mol. The van der Waals surface area contributed by atoms with Crippen molar-refractivity contribution in [2.45, 2.75) is 108 Å². The third-order valence-electron chi connectivity index (χ3n) is 8.53. The Morgan fingerprint density at radius 2 is 2.02 bits per heavy atom. The van der Waals surface area contributed by atoms with Gasteiger partial charge in [0.15, 0.2) is 12.5 Å². The zero-order valence-corrected chi connectivity index (χ0v) is 25.7. The summed E-state index contributed by atoms with van der Waals surface area (Å²) >= 11 is 0. The second-order valence-electron chi connectivity index (χ2n) is 12.0. The lowest BCUT2D eigenvalue weighted by atomic mass is 9.94. The molecule has 232 valence electrons. The van der Waals surface area contributed by atoms with E-state index in [1.54, 1.807) is 0 Å². The van der Waals surface area contributed by atoms with Crippen molar-refractivity contribution in [1.82, 2.24) is 21.3 Å². The maximum atomic E-state index is 12.4. The lowest BCUT2D eigenvalue weighted by Crippen LogP contribution is -2.47. The van der Waals surface area contributed by atoms with Gasteiger partial charge in [-0.25, -0.2) is 9.16 Å². The monoisotopic (exact) mass is 593 g/mol. The summed E-state index contributed by atoms with van der Waals surface area (Å²) < 4.78 is 16.0. The molecule has 41 heavy (non-hydrogen) atoms. The van der Waals surface area contributed by atoms with Gasteiger partial charge in [0.25, 0.3) is 0 Å². The third-order valence-corrected chi connectivity index (χ3v) is 9.99. The van der Waals surface area contributed by atoms with Crippen LogP contribution in [-0.2, 0) is 20.2 Å². The highest BCUT2D eigenvalue weighted by Gasteiger charge is 2.36. The highest BCUT2D eigenvalue weighted by Crippen LogP contribution is 2.27. The molecule has 2 aliphatic carbocycles. The van der Waals surface area contributed by atoms with Gasteiger partial charge in [0.05, 0.1) is 12.2 Å². The molecule has 0 radical (unpaired) electrons. The number of aliphatic hydroxyl groups is 2. The Labute approximate surface area is 247 Å². The number of nitrogens with zero attached hydrogens (tertiary/aromatic N) is 1. The Bertz CT molecular complexity index is 988. The first kappa shape index (κ1) is 32.2. The third kappa shape index (κ3) is 10.5. The van der Waals surface area contributed by atoms with Crippen molar-refractivity contribution >= 4 is 16.7 Å². The minimum absolute atomic E-state index is 0.0390. The molecule has 4 rings (SSSR count). The van der Waals surface area contributed by atoms with Gasteiger partial charge in [-0.1, -0.05) is 19.1 Å². The first-order valence-corrected chi connectivity index (χ1v) is 17.1. The molecule has 10 nitrogen and oxygen atoms in total. The SMILES string of the molecule is COC(O)CCCS(C)=N[C@H](O)[C@H]1CN[C@@H]([C@@H]2C[C@H](O[C@@H]3CC=C(NC(=O)NC4=C[C@H](C)CCC4)CC3)C=CN2)C1. The number of ether oxygens (including phenoxy) is 2. The van der Waals surface area contributed by atoms with Crippen molar-refractivity contribution < 1.29 is 24.5 Å². The van der Waals surface area contributed by atoms with Crippen LogP contribution >= 0.6 is 0 Å². The molecule has 6 N–H and O–H groups in total. The number of rotatable bonds is 12. The fraction of sp³-hybridized carbons (Fsp3) is 0.767. The Balaban J connectivity index is 1.17. The van der Waals surface area contributed by atoms with Crippen LogP contribution in [-0.4, -0.2) is 78.7 Å². The predicted octanol–water partition coefficient (Wildman–Crippen LogP) is 3.16. The van der Waals surface area contributed by atoms with E-state index in [0.717, 1.165) is 75.1 Å². The minimum atomic E-state index is -0.725. The summed E-state index contributed by atoms with van der Waals surface area (Å²) in [5, 5.41) is 33.4. The number of hydrogen-bond acceptors (Lipinski definition) is 8. The number of hydrogen-bond donors (Lipinski definition) is 6. The number of carbonyl (C=O) groups excluding carboxylic acids is 1. The first-order valence-electron chi connectivity index (χ1n) is 15.3. The summed E-state index contributed by atoms with van der Waals surface area (Å²) in [7, 11) is 1.25. The van der Waals surface area contributed by atoms with Gasteiger partial charge < -0.3 is 41.0 Å². The van der Waals surface area contributed by atoms with Crippen molar-refractivity contribution in [3.63, 3.8) is 0 Å². The molecule has 0 spiro atoms. The smallest absolute Gasteiger partial charge is 0.323 e. The topological polar surface area (TPSA) is 136 Å². The number of nitrogens with one attached hydrogen (secondary N) is 4. The lowest BCUT2D eigenvalue weighted by molar-refractivity contribution is -0.0781. The summed E-state index contributed by atoms with van der Waals surface area (Å²) in [5.41, 5.74) is 2.00. The van der Waals surface area contributed by atoms with E-state index in [2.05, 4.69) is 50.8 Å². The van der Waals surface area contributed by atoms with Crippen molar-refractivity contribution in [3.8, 4) is 0 Å². The molecule has 2 amide bonds. The summed E-state index contributed by atoms with van der Waals surface area (Å²) in [6.07, 6.45) is 18.0. The average Bonchev–Trinajstić information content (AvgIpc) is 3.45. The van der Waals surface area contributed by atoms with Gasteiger partial charge in [0.1, 0.15) is 0 Å². The van der Waals surface area contributed by atoms with E-state index in [1.807, 2.05) is 12.5 Å². The largest absolute Gasteiger partial charge is 0.387 e. The molecule has 0 saturated carbocycles. The van der Waals surface area contributed by atoms with E-state index in [4.69, 9.17) is 9.47 Å². The normalized spacial score (nSPS) is 32.4. The first-order chi connectivity index (χ1) is 19.8. The zero-order valence-electron chi connectivity index (χ0n) is 24.9. The van der Waals surface area contributed by atoms with Gasteiger partial charge in [-0.15, -0.1) is 10.7 Å². The van der Waals surface area contributed by atoms with Gasteiger partial charge in [-0.05, 0) is 88.7 Å².